The molecule has 0 saturated carbocycles. The summed E-state index contributed by atoms with van der Waals surface area (Å²) in [5, 5.41) is 15.5. The third-order valence-corrected chi connectivity index (χ3v) is 2.97. The van der Waals surface area contributed by atoms with Crippen LogP contribution in [0.3, 0.4) is 0 Å². The van der Waals surface area contributed by atoms with E-state index in [1.54, 1.807) is 4.80 Å². The van der Waals surface area contributed by atoms with E-state index in [0.29, 0.717) is 0 Å². The van der Waals surface area contributed by atoms with E-state index in [-0.39, 0.29) is 0 Å². The van der Waals surface area contributed by atoms with E-state index in [1.165, 1.54) is 6.42 Å². The molecule has 2 N–H and O–H groups in total. The van der Waals surface area contributed by atoms with Crippen molar-refractivity contribution in [3.63, 3.8) is 0 Å². The summed E-state index contributed by atoms with van der Waals surface area (Å²) in [7, 11) is 0. The van der Waals surface area contributed by atoms with Gasteiger partial charge in [-0.2, -0.15) is 15.0 Å². The van der Waals surface area contributed by atoms with Crippen LogP contribution in [0.5, 0.6) is 0 Å². The average molecular weight is 273 g/mol. The maximum absolute atomic E-state index is 4.46. The van der Waals surface area contributed by atoms with Crippen LogP contribution in [0.15, 0.2) is 36.5 Å². The van der Waals surface area contributed by atoms with Gasteiger partial charge in [-0.05, 0) is 44.6 Å². The van der Waals surface area contributed by atoms with Gasteiger partial charge in [0.05, 0.1) is 17.6 Å². The predicted molar refractivity (Wildman–Crippen MR) is 80.8 cm³/mol. The first-order valence-electron chi connectivity index (χ1n) is 7.28. The molecule has 20 heavy (non-hydrogen) atoms. The van der Waals surface area contributed by atoms with Crippen molar-refractivity contribution >= 4 is 0 Å². The summed E-state index contributed by atoms with van der Waals surface area (Å²) in [4.78, 5) is 1.67. The van der Waals surface area contributed by atoms with Crippen LogP contribution >= 0.6 is 0 Å². The van der Waals surface area contributed by atoms with Gasteiger partial charge in [-0.1, -0.05) is 25.1 Å². The highest BCUT2D eigenvalue weighted by molar-refractivity contribution is 5.28. The summed E-state index contributed by atoms with van der Waals surface area (Å²) in [6.45, 7) is 6.11. The number of nitrogens with zero attached hydrogens (tertiary/aromatic N) is 3. The summed E-state index contributed by atoms with van der Waals surface area (Å²) in [6, 6.07) is 9.95. The number of aromatic nitrogens is 3. The lowest BCUT2D eigenvalue weighted by Crippen LogP contribution is -2.22. The number of para-hydroxylation sites is 1. The smallest absolute Gasteiger partial charge is 0.0969 e. The van der Waals surface area contributed by atoms with Crippen LogP contribution in [0.25, 0.3) is 5.69 Å². The molecular weight excluding hydrogens is 250 g/mol. The zero-order chi connectivity index (χ0) is 14.0. The molecular formula is C15H23N5. The lowest BCUT2D eigenvalue weighted by atomic mass is 10.3. The number of benzene rings is 1. The van der Waals surface area contributed by atoms with E-state index < -0.39 is 0 Å². The molecule has 1 aromatic carbocycles. The molecule has 5 heteroatoms. The number of hydrogen-bond donors (Lipinski definition) is 2. The molecule has 2 aromatic rings. The van der Waals surface area contributed by atoms with Crippen molar-refractivity contribution in [1.29, 1.82) is 0 Å². The summed E-state index contributed by atoms with van der Waals surface area (Å²) >= 11 is 0. The normalized spacial score (nSPS) is 10.8. The van der Waals surface area contributed by atoms with Crippen molar-refractivity contribution in [3.8, 4) is 5.69 Å². The van der Waals surface area contributed by atoms with Gasteiger partial charge in [0.2, 0.25) is 0 Å². The highest BCUT2D eigenvalue weighted by atomic mass is 15.5. The van der Waals surface area contributed by atoms with E-state index in [0.717, 1.165) is 44.0 Å². The molecule has 0 bridgehead atoms. The Morgan fingerprint density at radius 3 is 2.65 bits per heavy atom. The van der Waals surface area contributed by atoms with Crippen LogP contribution in [0.1, 0.15) is 25.5 Å². The van der Waals surface area contributed by atoms with Crippen LogP contribution in [0, 0.1) is 0 Å². The molecule has 1 aromatic heterocycles. The molecule has 0 aliphatic heterocycles. The molecule has 108 valence electrons. The summed E-state index contributed by atoms with van der Waals surface area (Å²) in [5.41, 5.74) is 1.96. The first-order valence-corrected chi connectivity index (χ1v) is 7.28. The third-order valence-electron chi connectivity index (χ3n) is 2.97. The average Bonchev–Trinajstić information content (AvgIpc) is 2.96. The van der Waals surface area contributed by atoms with Gasteiger partial charge in [0.1, 0.15) is 0 Å². The van der Waals surface area contributed by atoms with Crippen molar-refractivity contribution in [2.45, 2.75) is 26.3 Å². The largest absolute Gasteiger partial charge is 0.317 e. The van der Waals surface area contributed by atoms with Crippen molar-refractivity contribution < 1.29 is 0 Å². The van der Waals surface area contributed by atoms with Gasteiger partial charge in [-0.25, -0.2) is 0 Å². The topological polar surface area (TPSA) is 54.8 Å². The van der Waals surface area contributed by atoms with Crippen LogP contribution in [0.2, 0.25) is 0 Å². The van der Waals surface area contributed by atoms with E-state index >= 15 is 0 Å². The minimum absolute atomic E-state index is 0.764. The fourth-order valence-corrected chi connectivity index (χ4v) is 1.92. The molecule has 0 spiro atoms. The lowest BCUT2D eigenvalue weighted by molar-refractivity contribution is 0.586. The first kappa shape index (κ1) is 14.7. The van der Waals surface area contributed by atoms with Gasteiger partial charge in [0.25, 0.3) is 0 Å². The van der Waals surface area contributed by atoms with Crippen LogP contribution in [-0.4, -0.2) is 34.6 Å². The fraction of sp³-hybridized carbons (Fsp3) is 0.467. The van der Waals surface area contributed by atoms with Crippen LogP contribution in [-0.2, 0) is 6.54 Å². The zero-order valence-electron chi connectivity index (χ0n) is 12.0. The Hall–Kier alpha value is -1.72. The SMILES string of the molecule is CCCNCCCNCc1cnn(-c2ccccc2)n1. The van der Waals surface area contributed by atoms with Crippen molar-refractivity contribution in [1.82, 2.24) is 25.6 Å². The Morgan fingerprint density at radius 2 is 1.85 bits per heavy atom. The lowest BCUT2D eigenvalue weighted by Gasteiger charge is -2.03. The summed E-state index contributed by atoms with van der Waals surface area (Å²) in [5.74, 6) is 0. The van der Waals surface area contributed by atoms with E-state index in [4.69, 9.17) is 0 Å². The van der Waals surface area contributed by atoms with Gasteiger partial charge in [0, 0.05) is 6.54 Å². The highest BCUT2D eigenvalue weighted by Gasteiger charge is 2.01. The maximum atomic E-state index is 4.46. The Morgan fingerprint density at radius 1 is 1.05 bits per heavy atom. The molecule has 0 amide bonds. The minimum atomic E-state index is 0.764. The summed E-state index contributed by atoms with van der Waals surface area (Å²) in [6.07, 6.45) is 4.14. The predicted octanol–water partition coefficient (Wildman–Crippen LogP) is 1.75. The molecule has 5 nitrogen and oxygen atoms in total. The summed E-state index contributed by atoms with van der Waals surface area (Å²) < 4.78 is 0. The second-order valence-corrected chi connectivity index (χ2v) is 4.74. The van der Waals surface area contributed by atoms with Gasteiger partial charge in [-0.3, -0.25) is 0 Å². The highest BCUT2D eigenvalue weighted by Crippen LogP contribution is 2.03. The molecule has 0 fully saturated rings. The van der Waals surface area contributed by atoms with Crippen LogP contribution in [0.4, 0.5) is 0 Å². The Bertz CT molecular complexity index is 480. The Kier molecular flexibility index (Phi) is 6.20. The number of nitrogens with one attached hydrogen (secondary N) is 2. The van der Waals surface area contributed by atoms with Gasteiger partial charge < -0.3 is 10.6 Å². The van der Waals surface area contributed by atoms with E-state index in [1.807, 2.05) is 36.5 Å². The molecule has 0 aliphatic rings. The quantitative estimate of drug-likeness (QED) is 0.683. The molecule has 0 saturated heterocycles. The van der Waals surface area contributed by atoms with Gasteiger partial charge in [-0.15, -0.1) is 0 Å². The van der Waals surface area contributed by atoms with Crippen molar-refractivity contribution in [2.75, 3.05) is 19.6 Å². The van der Waals surface area contributed by atoms with Crippen molar-refractivity contribution in [2.24, 2.45) is 0 Å². The standard InChI is InChI=1S/C15H23N5/c1-2-9-16-10-6-11-17-12-14-13-18-20(19-14)15-7-4-3-5-8-15/h3-5,7-8,13,16-17H,2,6,9-12H2,1H3. The van der Waals surface area contributed by atoms with E-state index in [9.17, 15) is 0 Å². The van der Waals surface area contributed by atoms with Gasteiger partial charge in [0.15, 0.2) is 0 Å². The Balaban J connectivity index is 1.69. The number of hydrogen-bond acceptors (Lipinski definition) is 4. The Labute approximate surface area is 120 Å². The molecule has 0 unspecified atom stereocenters. The van der Waals surface area contributed by atoms with Gasteiger partial charge >= 0.3 is 0 Å². The van der Waals surface area contributed by atoms with E-state index in [2.05, 4.69) is 27.8 Å². The fourth-order valence-electron chi connectivity index (χ4n) is 1.92. The molecule has 1 heterocycles. The molecule has 0 aliphatic carbocycles. The van der Waals surface area contributed by atoms with Crippen LogP contribution < -0.4 is 10.6 Å². The monoisotopic (exact) mass is 273 g/mol. The zero-order valence-corrected chi connectivity index (χ0v) is 12.0. The molecule has 2 rings (SSSR count). The maximum Gasteiger partial charge on any atom is 0.0969 e. The third kappa shape index (κ3) is 4.75. The minimum Gasteiger partial charge on any atom is -0.317 e. The van der Waals surface area contributed by atoms with Crippen molar-refractivity contribution in [3.05, 3.63) is 42.2 Å². The molecule has 0 radical (unpaired) electrons. The second-order valence-electron chi connectivity index (χ2n) is 4.74. The molecule has 0 atom stereocenters. The number of rotatable bonds is 9. The second kappa shape index (κ2) is 8.45. The first-order chi connectivity index (χ1) is 9.90.